The zero-order chi connectivity index (χ0) is 20.8. The van der Waals surface area contributed by atoms with E-state index in [2.05, 4.69) is 26.1 Å². The molecule has 0 unspecified atom stereocenters. The Kier molecular flexibility index (Phi) is 7.33. The van der Waals surface area contributed by atoms with Gasteiger partial charge in [-0.3, -0.25) is 9.59 Å². The number of amides is 2. The summed E-state index contributed by atoms with van der Waals surface area (Å²) in [5, 5.41) is 3.20. The van der Waals surface area contributed by atoms with Crippen LogP contribution in [0.5, 0.6) is 5.75 Å². The molecule has 29 heavy (non-hydrogen) atoms. The minimum atomic E-state index is -0.568. The van der Waals surface area contributed by atoms with E-state index in [0.717, 1.165) is 5.69 Å². The number of carbonyl (C=O) groups is 2. The van der Waals surface area contributed by atoms with Crippen molar-refractivity contribution in [2.75, 3.05) is 44.2 Å². The maximum Gasteiger partial charge on any atom is 0.258 e. The van der Waals surface area contributed by atoms with Crippen LogP contribution in [0.4, 0.5) is 10.1 Å². The second kappa shape index (κ2) is 9.93. The van der Waals surface area contributed by atoms with Crippen molar-refractivity contribution in [3.8, 4) is 5.75 Å². The number of nitrogens with zero attached hydrogens (tertiary/aromatic N) is 2. The van der Waals surface area contributed by atoms with Crippen LogP contribution in [0.3, 0.4) is 0 Å². The molecule has 1 N–H and O–H groups in total. The van der Waals surface area contributed by atoms with E-state index in [-0.39, 0.29) is 24.8 Å². The number of nitrogens with one attached hydrogen (secondary N) is 1. The maximum atomic E-state index is 13.7. The van der Waals surface area contributed by atoms with Gasteiger partial charge in [0.2, 0.25) is 5.91 Å². The highest BCUT2D eigenvalue weighted by Crippen LogP contribution is 2.21. The van der Waals surface area contributed by atoms with Crippen LogP contribution in [0.15, 0.2) is 46.9 Å². The van der Waals surface area contributed by atoms with Crippen LogP contribution in [0.1, 0.15) is 0 Å². The lowest BCUT2D eigenvalue weighted by molar-refractivity contribution is -0.133. The summed E-state index contributed by atoms with van der Waals surface area (Å²) in [7, 11) is 0. The summed E-state index contributed by atoms with van der Waals surface area (Å²) in [4.78, 5) is 28.1. The molecule has 3 rings (SSSR count). The Hall–Kier alpha value is -2.32. The second-order valence-corrected chi connectivity index (χ2v) is 7.84. The van der Waals surface area contributed by atoms with E-state index in [4.69, 9.17) is 16.3 Å². The minimum Gasteiger partial charge on any atom is -0.481 e. The molecule has 6 nitrogen and oxygen atoms in total. The van der Waals surface area contributed by atoms with Crippen molar-refractivity contribution in [1.82, 2.24) is 10.2 Å². The highest BCUT2D eigenvalue weighted by atomic mass is 79.9. The molecular formula is C20H20BrClFN3O3. The molecule has 1 heterocycles. The Morgan fingerprint density at radius 2 is 1.79 bits per heavy atom. The van der Waals surface area contributed by atoms with E-state index in [9.17, 15) is 14.0 Å². The first-order chi connectivity index (χ1) is 13.9. The van der Waals surface area contributed by atoms with E-state index < -0.39 is 11.7 Å². The molecule has 0 radical (unpaired) electrons. The summed E-state index contributed by atoms with van der Waals surface area (Å²) >= 11 is 9.06. The number of hydrogen-bond acceptors (Lipinski definition) is 4. The minimum absolute atomic E-state index is 0.0204. The number of rotatable bonds is 6. The average molecular weight is 485 g/mol. The van der Waals surface area contributed by atoms with Crippen molar-refractivity contribution >= 4 is 45.0 Å². The van der Waals surface area contributed by atoms with Gasteiger partial charge in [-0.2, -0.15) is 0 Å². The van der Waals surface area contributed by atoms with Gasteiger partial charge in [-0.1, -0.05) is 27.5 Å². The molecule has 1 fully saturated rings. The molecule has 0 aliphatic carbocycles. The van der Waals surface area contributed by atoms with Gasteiger partial charge in [-0.15, -0.1) is 0 Å². The number of halogens is 3. The van der Waals surface area contributed by atoms with Crippen LogP contribution in [0.25, 0.3) is 0 Å². The van der Waals surface area contributed by atoms with E-state index in [1.165, 1.54) is 12.1 Å². The van der Waals surface area contributed by atoms with Gasteiger partial charge >= 0.3 is 0 Å². The van der Waals surface area contributed by atoms with Gasteiger partial charge in [0.1, 0.15) is 0 Å². The van der Waals surface area contributed by atoms with E-state index in [0.29, 0.717) is 35.7 Å². The highest BCUT2D eigenvalue weighted by Gasteiger charge is 2.21. The van der Waals surface area contributed by atoms with Crippen LogP contribution in [-0.2, 0) is 9.59 Å². The summed E-state index contributed by atoms with van der Waals surface area (Å²) in [5.74, 6) is -1.24. The fourth-order valence-electron chi connectivity index (χ4n) is 2.94. The van der Waals surface area contributed by atoms with E-state index in [1.54, 1.807) is 11.0 Å². The number of anilines is 1. The smallest absolute Gasteiger partial charge is 0.258 e. The Labute approximate surface area is 181 Å². The van der Waals surface area contributed by atoms with Gasteiger partial charge in [0, 0.05) is 41.4 Å². The summed E-state index contributed by atoms with van der Waals surface area (Å²) < 4.78 is 19.4. The molecule has 2 aromatic rings. The van der Waals surface area contributed by atoms with Crippen LogP contribution < -0.4 is 15.0 Å². The van der Waals surface area contributed by atoms with Gasteiger partial charge in [-0.05, 0) is 42.5 Å². The van der Waals surface area contributed by atoms with E-state index >= 15 is 0 Å². The third-order valence-corrected chi connectivity index (χ3v) is 5.26. The van der Waals surface area contributed by atoms with Crippen LogP contribution >= 0.6 is 27.5 Å². The second-order valence-electron chi connectivity index (χ2n) is 6.48. The zero-order valence-corrected chi connectivity index (χ0v) is 17.9. The number of benzene rings is 2. The van der Waals surface area contributed by atoms with Gasteiger partial charge in [-0.25, -0.2) is 4.39 Å². The predicted molar refractivity (Wildman–Crippen MR) is 113 cm³/mol. The van der Waals surface area contributed by atoms with Crippen LogP contribution in [-0.4, -0.2) is 56.0 Å². The van der Waals surface area contributed by atoms with Gasteiger partial charge in [0.15, 0.2) is 18.2 Å². The molecule has 1 aliphatic rings. The summed E-state index contributed by atoms with van der Waals surface area (Å²) in [6.45, 7) is 2.05. The fourth-order valence-corrected chi connectivity index (χ4v) is 3.40. The molecule has 154 valence electrons. The van der Waals surface area contributed by atoms with Crippen molar-refractivity contribution in [2.24, 2.45) is 0 Å². The largest absolute Gasteiger partial charge is 0.481 e. The number of ether oxygens (including phenoxy) is 1. The molecule has 2 amide bonds. The third-order valence-electron chi connectivity index (χ3n) is 4.51. The standard InChI is InChI=1S/C20H20BrClFN3O3/c21-14-1-6-18(17(23)11-14)29-13-19(27)24-12-20(28)26-9-7-25(8-10-26)16-4-2-15(22)3-5-16/h1-6,11H,7-10,12-13H2,(H,24,27). The number of hydrogen-bond donors (Lipinski definition) is 1. The summed E-state index contributed by atoms with van der Waals surface area (Å²) in [6, 6.07) is 11.9. The molecule has 0 atom stereocenters. The molecular weight excluding hydrogens is 465 g/mol. The van der Waals surface area contributed by atoms with Crippen molar-refractivity contribution in [1.29, 1.82) is 0 Å². The Morgan fingerprint density at radius 1 is 1.10 bits per heavy atom. The highest BCUT2D eigenvalue weighted by molar-refractivity contribution is 9.10. The Bertz CT molecular complexity index is 874. The number of piperazine rings is 1. The summed E-state index contributed by atoms with van der Waals surface area (Å²) in [5.41, 5.74) is 1.06. The Morgan fingerprint density at radius 3 is 2.45 bits per heavy atom. The molecule has 1 aliphatic heterocycles. The molecule has 1 saturated heterocycles. The molecule has 0 bridgehead atoms. The lowest BCUT2D eigenvalue weighted by Gasteiger charge is -2.36. The first-order valence-electron chi connectivity index (χ1n) is 9.05. The fraction of sp³-hybridized carbons (Fsp3) is 0.300. The monoisotopic (exact) mass is 483 g/mol. The van der Waals surface area contributed by atoms with Crippen LogP contribution in [0, 0.1) is 5.82 Å². The number of carbonyl (C=O) groups excluding carboxylic acids is 2. The van der Waals surface area contributed by atoms with Crippen molar-refractivity contribution < 1.29 is 18.7 Å². The molecule has 0 aromatic heterocycles. The van der Waals surface area contributed by atoms with Crippen molar-refractivity contribution in [2.45, 2.75) is 0 Å². The normalized spacial score (nSPS) is 13.9. The van der Waals surface area contributed by atoms with Gasteiger partial charge < -0.3 is 19.9 Å². The first kappa shape index (κ1) is 21.4. The topological polar surface area (TPSA) is 61.9 Å². The molecule has 9 heteroatoms. The SMILES string of the molecule is O=C(COc1ccc(Br)cc1F)NCC(=O)N1CCN(c2ccc(Cl)cc2)CC1. The predicted octanol–water partition coefficient (Wildman–Crippen LogP) is 3.09. The lowest BCUT2D eigenvalue weighted by atomic mass is 10.2. The molecule has 0 spiro atoms. The quantitative estimate of drug-likeness (QED) is 0.685. The zero-order valence-electron chi connectivity index (χ0n) is 15.5. The van der Waals surface area contributed by atoms with Crippen molar-refractivity contribution in [3.63, 3.8) is 0 Å². The first-order valence-corrected chi connectivity index (χ1v) is 10.2. The van der Waals surface area contributed by atoms with Crippen LogP contribution in [0.2, 0.25) is 5.02 Å². The van der Waals surface area contributed by atoms with Gasteiger partial charge in [0.05, 0.1) is 6.54 Å². The van der Waals surface area contributed by atoms with Gasteiger partial charge in [0.25, 0.3) is 5.91 Å². The third kappa shape index (κ3) is 6.08. The Balaban J connectivity index is 1.39. The molecule has 2 aromatic carbocycles. The lowest BCUT2D eigenvalue weighted by Crippen LogP contribution is -2.51. The average Bonchev–Trinajstić information content (AvgIpc) is 2.72. The van der Waals surface area contributed by atoms with Crippen molar-refractivity contribution in [3.05, 3.63) is 57.8 Å². The summed E-state index contributed by atoms with van der Waals surface area (Å²) in [6.07, 6.45) is 0. The molecule has 0 saturated carbocycles. The maximum absolute atomic E-state index is 13.7. The van der Waals surface area contributed by atoms with E-state index in [1.807, 2.05) is 24.3 Å².